The standard InChI is InChI=1S/C14H21F2N/c1-10(9-17-14(2,3)4)7-11-8-12(15)5-6-13(11)16/h5-6,8,10,17H,7,9H2,1-4H3. The Morgan fingerprint density at radius 1 is 1.24 bits per heavy atom. The Bertz CT molecular complexity index is 369. The number of hydrogen-bond donors (Lipinski definition) is 1. The fourth-order valence-corrected chi connectivity index (χ4v) is 1.63. The van der Waals surface area contributed by atoms with Gasteiger partial charge in [0.25, 0.3) is 0 Å². The molecule has 96 valence electrons. The van der Waals surface area contributed by atoms with Crippen LogP contribution in [-0.2, 0) is 6.42 Å². The molecule has 1 N–H and O–H groups in total. The summed E-state index contributed by atoms with van der Waals surface area (Å²) in [6.45, 7) is 9.08. The number of halogens is 2. The van der Waals surface area contributed by atoms with E-state index in [-0.39, 0.29) is 23.1 Å². The first-order valence-electron chi connectivity index (χ1n) is 5.97. The van der Waals surface area contributed by atoms with E-state index in [0.717, 1.165) is 12.6 Å². The van der Waals surface area contributed by atoms with Crippen LogP contribution in [0.5, 0.6) is 0 Å². The van der Waals surface area contributed by atoms with Crippen LogP contribution in [0.2, 0.25) is 0 Å². The lowest BCUT2D eigenvalue weighted by atomic mass is 9.99. The topological polar surface area (TPSA) is 12.0 Å². The van der Waals surface area contributed by atoms with E-state index in [0.29, 0.717) is 12.0 Å². The summed E-state index contributed by atoms with van der Waals surface area (Å²) in [4.78, 5) is 0. The third-order valence-corrected chi connectivity index (χ3v) is 2.56. The minimum absolute atomic E-state index is 0.0503. The van der Waals surface area contributed by atoms with Gasteiger partial charge < -0.3 is 5.32 Å². The first-order valence-corrected chi connectivity index (χ1v) is 5.97. The van der Waals surface area contributed by atoms with Crippen molar-refractivity contribution in [2.45, 2.75) is 39.7 Å². The number of rotatable bonds is 4. The molecule has 1 nitrogen and oxygen atoms in total. The van der Waals surface area contributed by atoms with Gasteiger partial charge in [-0.15, -0.1) is 0 Å². The van der Waals surface area contributed by atoms with Gasteiger partial charge in [-0.3, -0.25) is 0 Å². The van der Waals surface area contributed by atoms with Crippen molar-refractivity contribution in [3.05, 3.63) is 35.4 Å². The molecular formula is C14H21F2N. The SMILES string of the molecule is CC(CNC(C)(C)C)Cc1cc(F)ccc1F. The molecule has 0 saturated carbocycles. The molecular weight excluding hydrogens is 220 g/mol. The van der Waals surface area contributed by atoms with E-state index in [9.17, 15) is 8.78 Å². The van der Waals surface area contributed by atoms with E-state index < -0.39 is 0 Å². The third-order valence-electron chi connectivity index (χ3n) is 2.56. The van der Waals surface area contributed by atoms with Gasteiger partial charge in [0.05, 0.1) is 0 Å². The zero-order chi connectivity index (χ0) is 13.1. The fourth-order valence-electron chi connectivity index (χ4n) is 1.63. The van der Waals surface area contributed by atoms with Crippen molar-refractivity contribution >= 4 is 0 Å². The highest BCUT2D eigenvalue weighted by Gasteiger charge is 2.13. The largest absolute Gasteiger partial charge is 0.312 e. The Balaban J connectivity index is 2.56. The molecule has 1 atom stereocenters. The molecule has 0 radical (unpaired) electrons. The number of nitrogens with one attached hydrogen (secondary N) is 1. The fraction of sp³-hybridized carbons (Fsp3) is 0.571. The third kappa shape index (κ3) is 5.26. The van der Waals surface area contributed by atoms with Crippen LogP contribution in [0.1, 0.15) is 33.3 Å². The predicted octanol–water partition coefficient (Wildman–Crippen LogP) is 3.53. The quantitative estimate of drug-likeness (QED) is 0.850. The Kier molecular flexibility index (Phi) is 4.63. The molecule has 0 heterocycles. The van der Waals surface area contributed by atoms with Crippen molar-refractivity contribution in [2.24, 2.45) is 5.92 Å². The average molecular weight is 241 g/mol. The van der Waals surface area contributed by atoms with Gasteiger partial charge in [0, 0.05) is 5.54 Å². The first kappa shape index (κ1) is 14.1. The summed E-state index contributed by atoms with van der Waals surface area (Å²) in [6, 6.07) is 3.62. The second-order valence-corrected chi connectivity index (χ2v) is 5.68. The van der Waals surface area contributed by atoms with E-state index in [4.69, 9.17) is 0 Å². The van der Waals surface area contributed by atoms with Gasteiger partial charge >= 0.3 is 0 Å². The maximum absolute atomic E-state index is 13.4. The maximum atomic E-state index is 13.4. The van der Waals surface area contributed by atoms with Crippen LogP contribution in [0, 0.1) is 17.6 Å². The Morgan fingerprint density at radius 2 is 1.88 bits per heavy atom. The molecule has 0 saturated heterocycles. The molecule has 1 rings (SSSR count). The molecule has 17 heavy (non-hydrogen) atoms. The molecule has 0 aromatic heterocycles. The smallest absolute Gasteiger partial charge is 0.126 e. The van der Waals surface area contributed by atoms with Crippen LogP contribution >= 0.6 is 0 Å². The molecule has 1 aromatic carbocycles. The highest BCUT2D eigenvalue weighted by atomic mass is 19.1. The Labute approximate surface area is 102 Å². The van der Waals surface area contributed by atoms with Crippen LogP contribution in [0.4, 0.5) is 8.78 Å². The lowest BCUT2D eigenvalue weighted by molar-refractivity contribution is 0.379. The van der Waals surface area contributed by atoms with Gasteiger partial charge in [-0.1, -0.05) is 6.92 Å². The van der Waals surface area contributed by atoms with Gasteiger partial charge in [-0.2, -0.15) is 0 Å². The lowest BCUT2D eigenvalue weighted by Gasteiger charge is -2.23. The van der Waals surface area contributed by atoms with Crippen LogP contribution in [0.3, 0.4) is 0 Å². The Morgan fingerprint density at radius 3 is 2.47 bits per heavy atom. The molecule has 0 spiro atoms. The minimum atomic E-state index is -0.377. The normalized spacial score (nSPS) is 13.8. The van der Waals surface area contributed by atoms with Crippen molar-refractivity contribution in [3.8, 4) is 0 Å². The van der Waals surface area contributed by atoms with Gasteiger partial charge in [-0.05, 0) is 63.4 Å². The molecule has 1 aromatic rings. The molecule has 0 aliphatic rings. The minimum Gasteiger partial charge on any atom is -0.312 e. The van der Waals surface area contributed by atoms with Gasteiger partial charge in [0.1, 0.15) is 11.6 Å². The second-order valence-electron chi connectivity index (χ2n) is 5.68. The van der Waals surface area contributed by atoms with E-state index >= 15 is 0 Å². The molecule has 0 amide bonds. The maximum Gasteiger partial charge on any atom is 0.126 e. The average Bonchev–Trinajstić information content (AvgIpc) is 2.20. The summed E-state index contributed by atoms with van der Waals surface area (Å²) in [5.74, 6) is -0.433. The Hall–Kier alpha value is -0.960. The van der Waals surface area contributed by atoms with E-state index in [1.165, 1.54) is 12.1 Å². The molecule has 0 aliphatic carbocycles. The molecule has 0 aliphatic heterocycles. The van der Waals surface area contributed by atoms with Gasteiger partial charge in [0.15, 0.2) is 0 Å². The van der Waals surface area contributed by atoms with Crippen molar-refractivity contribution in [2.75, 3.05) is 6.54 Å². The van der Waals surface area contributed by atoms with Crippen LogP contribution in [-0.4, -0.2) is 12.1 Å². The number of benzene rings is 1. The van der Waals surface area contributed by atoms with Crippen molar-refractivity contribution in [1.29, 1.82) is 0 Å². The summed E-state index contributed by atoms with van der Waals surface area (Å²) < 4.78 is 26.4. The predicted molar refractivity (Wildman–Crippen MR) is 67.0 cm³/mol. The zero-order valence-corrected chi connectivity index (χ0v) is 11.0. The van der Waals surface area contributed by atoms with Gasteiger partial charge in [0.2, 0.25) is 0 Å². The molecule has 0 bridgehead atoms. The zero-order valence-electron chi connectivity index (χ0n) is 11.0. The monoisotopic (exact) mass is 241 g/mol. The molecule has 1 unspecified atom stereocenters. The summed E-state index contributed by atoms with van der Waals surface area (Å²) in [5.41, 5.74) is 0.502. The number of hydrogen-bond acceptors (Lipinski definition) is 1. The second kappa shape index (κ2) is 5.58. The molecule has 3 heteroatoms. The van der Waals surface area contributed by atoms with Crippen molar-refractivity contribution in [3.63, 3.8) is 0 Å². The first-order chi connectivity index (χ1) is 7.78. The molecule has 0 fully saturated rings. The summed E-state index contributed by atoms with van der Waals surface area (Å²) in [7, 11) is 0. The van der Waals surface area contributed by atoms with Crippen molar-refractivity contribution in [1.82, 2.24) is 5.32 Å². The van der Waals surface area contributed by atoms with Crippen LogP contribution < -0.4 is 5.32 Å². The summed E-state index contributed by atoms with van der Waals surface area (Å²) in [6.07, 6.45) is 0.548. The lowest BCUT2D eigenvalue weighted by Crippen LogP contribution is -2.39. The van der Waals surface area contributed by atoms with E-state index in [1.54, 1.807) is 0 Å². The van der Waals surface area contributed by atoms with E-state index in [2.05, 4.69) is 26.1 Å². The van der Waals surface area contributed by atoms with Crippen LogP contribution in [0.25, 0.3) is 0 Å². The summed E-state index contributed by atoms with van der Waals surface area (Å²) >= 11 is 0. The van der Waals surface area contributed by atoms with Crippen molar-refractivity contribution < 1.29 is 8.78 Å². The summed E-state index contributed by atoms with van der Waals surface area (Å²) in [5, 5.41) is 3.36. The van der Waals surface area contributed by atoms with E-state index in [1.807, 2.05) is 6.92 Å². The highest BCUT2D eigenvalue weighted by molar-refractivity contribution is 5.19. The van der Waals surface area contributed by atoms with Crippen LogP contribution in [0.15, 0.2) is 18.2 Å². The highest BCUT2D eigenvalue weighted by Crippen LogP contribution is 2.14. The van der Waals surface area contributed by atoms with Gasteiger partial charge in [-0.25, -0.2) is 8.78 Å².